The van der Waals surface area contributed by atoms with Crippen LogP contribution in [0.3, 0.4) is 0 Å². The maximum Gasteiger partial charge on any atom is 0.125 e. The van der Waals surface area contributed by atoms with Crippen molar-refractivity contribution in [2.45, 2.75) is 26.9 Å². The third kappa shape index (κ3) is 5.16. The maximum absolute atomic E-state index is 10.4. The molecule has 0 amide bonds. The van der Waals surface area contributed by atoms with E-state index in [0.717, 1.165) is 48.1 Å². The Morgan fingerprint density at radius 1 is 1.00 bits per heavy atom. The van der Waals surface area contributed by atoms with Crippen molar-refractivity contribution >= 4 is 17.3 Å². The van der Waals surface area contributed by atoms with Crippen molar-refractivity contribution in [1.82, 2.24) is 4.90 Å². The Balaban J connectivity index is 1.48. The first-order valence-corrected chi connectivity index (χ1v) is 9.92. The van der Waals surface area contributed by atoms with E-state index in [0.29, 0.717) is 13.2 Å². The fourth-order valence-electron chi connectivity index (χ4n) is 3.65. The number of aliphatic hydroxyl groups excluding tert-OH is 1. The summed E-state index contributed by atoms with van der Waals surface area (Å²) < 4.78 is 5.89. The van der Waals surface area contributed by atoms with E-state index in [2.05, 4.69) is 22.8 Å². The molecular weight excluding hydrogens is 360 g/mol. The van der Waals surface area contributed by atoms with Crippen LogP contribution in [0.1, 0.15) is 16.7 Å². The third-order valence-electron chi connectivity index (χ3n) is 5.18. The number of para-hydroxylation sites is 1. The Morgan fingerprint density at radius 3 is 2.33 bits per heavy atom. The number of halogens is 1. The van der Waals surface area contributed by atoms with E-state index in [1.165, 1.54) is 11.3 Å². The number of piperazine rings is 1. The summed E-state index contributed by atoms with van der Waals surface area (Å²) in [5.74, 6) is 0.887. The summed E-state index contributed by atoms with van der Waals surface area (Å²) in [6.45, 7) is 10.9. The number of hydrogen-bond donors (Lipinski definition) is 1. The Hall–Kier alpha value is -1.75. The molecule has 3 rings (SSSR count). The van der Waals surface area contributed by atoms with Crippen LogP contribution in [0.4, 0.5) is 5.69 Å². The van der Waals surface area contributed by atoms with Crippen LogP contribution in [0.2, 0.25) is 5.02 Å². The molecule has 0 bridgehead atoms. The van der Waals surface area contributed by atoms with Gasteiger partial charge in [0.2, 0.25) is 0 Å². The summed E-state index contributed by atoms with van der Waals surface area (Å²) >= 11 is 6.16. The monoisotopic (exact) mass is 388 g/mol. The predicted molar refractivity (Wildman–Crippen MR) is 112 cm³/mol. The lowest BCUT2D eigenvalue weighted by molar-refractivity contribution is 0.0658. The first kappa shape index (κ1) is 20.0. The van der Waals surface area contributed by atoms with Gasteiger partial charge < -0.3 is 14.7 Å². The number of aliphatic hydroxyl groups is 1. The highest BCUT2D eigenvalue weighted by Gasteiger charge is 2.21. The molecule has 1 N–H and O–H groups in total. The standard InChI is InChI=1S/C22H29ClN2O2/c1-16-7-8-19(23)13-21(16)25-11-9-24(10-12-25)14-20(26)15-27-22-17(2)5-4-6-18(22)3/h4-8,13,20,26H,9-12,14-15H2,1-3H3. The van der Waals surface area contributed by atoms with Gasteiger partial charge in [-0.25, -0.2) is 0 Å². The van der Waals surface area contributed by atoms with Crippen LogP contribution in [-0.4, -0.2) is 55.4 Å². The van der Waals surface area contributed by atoms with Crippen molar-refractivity contribution in [2.24, 2.45) is 0 Å². The lowest BCUT2D eigenvalue weighted by Gasteiger charge is -2.37. The Bertz CT molecular complexity index is 753. The van der Waals surface area contributed by atoms with Crippen molar-refractivity contribution in [3.05, 3.63) is 58.1 Å². The molecule has 4 nitrogen and oxygen atoms in total. The van der Waals surface area contributed by atoms with Crippen LogP contribution in [0.15, 0.2) is 36.4 Å². The minimum absolute atomic E-state index is 0.319. The molecule has 1 unspecified atom stereocenters. The zero-order valence-electron chi connectivity index (χ0n) is 16.4. The third-order valence-corrected chi connectivity index (χ3v) is 5.42. The Morgan fingerprint density at radius 2 is 1.67 bits per heavy atom. The Kier molecular flexibility index (Phi) is 6.64. The first-order valence-electron chi connectivity index (χ1n) is 9.54. The summed E-state index contributed by atoms with van der Waals surface area (Å²) in [4.78, 5) is 4.67. The van der Waals surface area contributed by atoms with Crippen LogP contribution in [-0.2, 0) is 0 Å². The molecule has 27 heavy (non-hydrogen) atoms. The largest absolute Gasteiger partial charge is 0.490 e. The van der Waals surface area contributed by atoms with Crippen molar-refractivity contribution in [2.75, 3.05) is 44.2 Å². The number of benzene rings is 2. The van der Waals surface area contributed by atoms with Gasteiger partial charge in [0.15, 0.2) is 0 Å². The summed E-state index contributed by atoms with van der Waals surface area (Å²) in [5.41, 5.74) is 4.66. The van der Waals surface area contributed by atoms with Gasteiger partial charge in [-0.05, 0) is 49.6 Å². The molecule has 146 valence electrons. The van der Waals surface area contributed by atoms with Crippen molar-refractivity contribution in [3.63, 3.8) is 0 Å². The van der Waals surface area contributed by atoms with Crippen molar-refractivity contribution in [3.8, 4) is 5.75 Å². The fraction of sp³-hybridized carbons (Fsp3) is 0.455. The average Bonchev–Trinajstić information content (AvgIpc) is 2.64. The van der Waals surface area contributed by atoms with Crippen LogP contribution >= 0.6 is 11.6 Å². The molecule has 1 heterocycles. The molecule has 1 aliphatic rings. The zero-order chi connectivity index (χ0) is 19.4. The molecule has 2 aromatic rings. The number of β-amino-alcohol motifs (C(OH)–C–C–N with tert-alkyl or cyclic N) is 1. The average molecular weight is 389 g/mol. The number of nitrogens with zero attached hydrogens (tertiary/aromatic N) is 2. The molecule has 2 aromatic carbocycles. The summed E-state index contributed by atoms with van der Waals surface area (Å²) in [6, 6.07) is 12.1. The van der Waals surface area contributed by atoms with E-state index >= 15 is 0 Å². The molecule has 0 saturated carbocycles. The molecule has 0 spiro atoms. The van der Waals surface area contributed by atoms with E-state index in [9.17, 15) is 5.11 Å². The smallest absolute Gasteiger partial charge is 0.125 e. The second-order valence-electron chi connectivity index (χ2n) is 7.40. The first-order chi connectivity index (χ1) is 12.9. The lowest BCUT2D eigenvalue weighted by atomic mass is 10.1. The molecular formula is C22H29ClN2O2. The van der Waals surface area contributed by atoms with Gasteiger partial charge in [-0.3, -0.25) is 4.90 Å². The van der Waals surface area contributed by atoms with Crippen molar-refractivity contribution < 1.29 is 9.84 Å². The number of ether oxygens (including phenoxy) is 1. The number of rotatable bonds is 6. The van der Waals surface area contributed by atoms with Crippen LogP contribution in [0.5, 0.6) is 5.75 Å². The highest BCUT2D eigenvalue weighted by atomic mass is 35.5. The second-order valence-corrected chi connectivity index (χ2v) is 7.84. The zero-order valence-corrected chi connectivity index (χ0v) is 17.2. The molecule has 0 aliphatic carbocycles. The SMILES string of the molecule is Cc1ccc(Cl)cc1N1CCN(CC(O)COc2c(C)cccc2C)CC1. The minimum Gasteiger partial charge on any atom is -0.490 e. The van der Waals surface area contributed by atoms with Gasteiger partial charge in [0.1, 0.15) is 18.5 Å². The van der Waals surface area contributed by atoms with Crippen molar-refractivity contribution in [1.29, 1.82) is 0 Å². The van der Waals surface area contributed by atoms with Gasteiger partial charge in [0.25, 0.3) is 0 Å². The van der Waals surface area contributed by atoms with E-state index in [1.807, 2.05) is 44.2 Å². The van der Waals surface area contributed by atoms with Crippen LogP contribution in [0.25, 0.3) is 0 Å². The van der Waals surface area contributed by atoms with Gasteiger partial charge in [0, 0.05) is 43.4 Å². The molecule has 1 atom stereocenters. The fourth-order valence-corrected chi connectivity index (χ4v) is 3.82. The predicted octanol–water partition coefficient (Wildman–Crippen LogP) is 3.83. The van der Waals surface area contributed by atoms with Gasteiger partial charge in [-0.2, -0.15) is 0 Å². The molecule has 1 saturated heterocycles. The van der Waals surface area contributed by atoms with Gasteiger partial charge in [-0.15, -0.1) is 0 Å². The topological polar surface area (TPSA) is 35.9 Å². The quantitative estimate of drug-likeness (QED) is 0.815. The molecule has 0 aromatic heterocycles. The van der Waals surface area contributed by atoms with E-state index in [1.54, 1.807) is 0 Å². The lowest BCUT2D eigenvalue weighted by Crippen LogP contribution is -2.49. The molecule has 0 radical (unpaired) electrons. The highest BCUT2D eigenvalue weighted by molar-refractivity contribution is 6.30. The van der Waals surface area contributed by atoms with Crippen LogP contribution in [0, 0.1) is 20.8 Å². The molecule has 1 fully saturated rings. The van der Waals surface area contributed by atoms with Gasteiger partial charge >= 0.3 is 0 Å². The normalized spacial score (nSPS) is 16.4. The Labute approximate surface area is 167 Å². The van der Waals surface area contributed by atoms with Crippen LogP contribution < -0.4 is 9.64 Å². The molecule has 1 aliphatic heterocycles. The minimum atomic E-state index is -0.497. The molecule has 5 heteroatoms. The second kappa shape index (κ2) is 8.96. The summed E-state index contributed by atoms with van der Waals surface area (Å²) in [7, 11) is 0. The number of anilines is 1. The van der Waals surface area contributed by atoms with Gasteiger partial charge in [0.05, 0.1) is 0 Å². The number of hydrogen-bond acceptors (Lipinski definition) is 4. The van der Waals surface area contributed by atoms with E-state index < -0.39 is 6.10 Å². The van der Waals surface area contributed by atoms with E-state index in [4.69, 9.17) is 16.3 Å². The van der Waals surface area contributed by atoms with E-state index in [-0.39, 0.29) is 0 Å². The van der Waals surface area contributed by atoms with Gasteiger partial charge in [-0.1, -0.05) is 35.9 Å². The highest BCUT2D eigenvalue weighted by Crippen LogP contribution is 2.25. The maximum atomic E-state index is 10.4. The summed E-state index contributed by atoms with van der Waals surface area (Å²) in [6.07, 6.45) is -0.497. The summed E-state index contributed by atoms with van der Waals surface area (Å²) in [5, 5.41) is 11.2. The number of aryl methyl sites for hydroxylation is 3.